The van der Waals surface area contributed by atoms with Crippen molar-refractivity contribution >= 4 is 17.3 Å². The van der Waals surface area contributed by atoms with E-state index in [0.717, 1.165) is 11.1 Å². The molecule has 1 aromatic carbocycles. The van der Waals surface area contributed by atoms with Crippen LogP contribution in [0.25, 0.3) is 11.4 Å². The third-order valence-corrected chi connectivity index (χ3v) is 3.42. The number of rotatable bonds is 3. The summed E-state index contributed by atoms with van der Waals surface area (Å²) in [5.41, 5.74) is 1.43. The number of non-ortho nitro benzene ring substituents is 1. The second kappa shape index (κ2) is 5.44. The molecule has 2 aromatic rings. The molecule has 0 aliphatic heterocycles. The molecule has 2 rings (SSSR count). The number of hydrogen-bond acceptors (Lipinski definition) is 4. The van der Waals surface area contributed by atoms with Gasteiger partial charge in [0.05, 0.1) is 10.8 Å². The van der Waals surface area contributed by atoms with Crippen molar-refractivity contribution in [2.75, 3.05) is 0 Å². The van der Waals surface area contributed by atoms with Gasteiger partial charge in [-0.3, -0.25) is 10.1 Å². The molecule has 0 radical (unpaired) electrons. The molecule has 0 saturated heterocycles. The summed E-state index contributed by atoms with van der Waals surface area (Å²) in [7, 11) is 0. The molecule has 0 unspecified atom stereocenters. The second-order valence-electron chi connectivity index (χ2n) is 5.84. The minimum Gasteiger partial charge on any atom is -0.305 e. The lowest BCUT2D eigenvalue weighted by molar-refractivity contribution is -0.384. The molecule has 1 aromatic heterocycles. The molecule has 0 bridgehead atoms. The molecule has 7 heteroatoms. The van der Waals surface area contributed by atoms with E-state index in [9.17, 15) is 10.1 Å². The molecular formula is C14H17ClN4O2. The van der Waals surface area contributed by atoms with Crippen LogP contribution in [0.1, 0.15) is 32.2 Å². The zero-order chi connectivity index (χ0) is 15.8. The van der Waals surface area contributed by atoms with Gasteiger partial charge in [0.15, 0.2) is 5.82 Å². The zero-order valence-electron chi connectivity index (χ0n) is 12.4. The lowest BCUT2D eigenvalue weighted by Crippen LogP contribution is -2.25. The minimum atomic E-state index is -0.407. The van der Waals surface area contributed by atoms with Gasteiger partial charge in [-0.1, -0.05) is 0 Å². The van der Waals surface area contributed by atoms with Crippen molar-refractivity contribution < 1.29 is 4.92 Å². The van der Waals surface area contributed by atoms with E-state index in [1.165, 1.54) is 12.1 Å². The summed E-state index contributed by atoms with van der Waals surface area (Å²) in [4.78, 5) is 10.4. The number of aromatic nitrogens is 3. The fourth-order valence-corrected chi connectivity index (χ4v) is 2.47. The number of halogens is 1. The summed E-state index contributed by atoms with van der Waals surface area (Å²) in [6.07, 6.45) is 0. The van der Waals surface area contributed by atoms with E-state index >= 15 is 0 Å². The van der Waals surface area contributed by atoms with Crippen LogP contribution in [-0.2, 0) is 11.4 Å². The van der Waals surface area contributed by atoms with Crippen molar-refractivity contribution in [2.24, 2.45) is 0 Å². The summed E-state index contributed by atoms with van der Waals surface area (Å²) in [5.74, 6) is 1.61. The summed E-state index contributed by atoms with van der Waals surface area (Å²) < 4.78 is 1.97. The molecule has 0 aliphatic carbocycles. The first-order valence-corrected chi connectivity index (χ1v) is 7.05. The van der Waals surface area contributed by atoms with E-state index in [1.807, 2.05) is 32.3 Å². The molecule has 1 heterocycles. The quantitative estimate of drug-likeness (QED) is 0.493. The van der Waals surface area contributed by atoms with Crippen LogP contribution >= 0.6 is 11.6 Å². The van der Waals surface area contributed by atoms with E-state index in [-0.39, 0.29) is 17.1 Å². The Hall–Kier alpha value is -1.95. The lowest BCUT2D eigenvalue weighted by Gasteiger charge is -2.25. The third-order valence-electron chi connectivity index (χ3n) is 3.18. The number of nitro groups is 1. The Kier molecular flexibility index (Phi) is 4.00. The van der Waals surface area contributed by atoms with Crippen LogP contribution in [-0.4, -0.2) is 19.7 Å². The maximum absolute atomic E-state index is 10.8. The second-order valence-corrected chi connectivity index (χ2v) is 6.10. The van der Waals surface area contributed by atoms with Crippen LogP contribution < -0.4 is 0 Å². The predicted octanol–water partition coefficient (Wildman–Crippen LogP) is 3.66. The molecule has 0 amide bonds. The first-order chi connectivity index (χ1) is 9.75. The molecule has 0 fully saturated rings. The fourth-order valence-electron chi connectivity index (χ4n) is 2.29. The minimum absolute atomic E-state index is 0.0654. The highest BCUT2D eigenvalue weighted by Crippen LogP contribution is 2.30. The molecule has 21 heavy (non-hydrogen) atoms. The molecule has 0 spiro atoms. The smallest absolute Gasteiger partial charge is 0.269 e. The molecule has 112 valence electrons. The lowest BCUT2D eigenvalue weighted by atomic mass is 10.0. The number of aryl methyl sites for hydroxylation is 1. The first-order valence-electron chi connectivity index (χ1n) is 6.52. The Bertz CT molecular complexity index is 689. The van der Waals surface area contributed by atoms with E-state index in [2.05, 4.69) is 10.2 Å². The Morgan fingerprint density at radius 3 is 2.48 bits per heavy atom. The molecule has 0 aliphatic rings. The number of alkyl halides is 1. The van der Waals surface area contributed by atoms with Crippen LogP contribution in [0.3, 0.4) is 0 Å². The highest BCUT2D eigenvalue weighted by atomic mass is 35.5. The Labute approximate surface area is 127 Å². The van der Waals surface area contributed by atoms with Gasteiger partial charge in [0, 0.05) is 23.2 Å². The predicted molar refractivity (Wildman–Crippen MR) is 81.4 cm³/mol. The summed E-state index contributed by atoms with van der Waals surface area (Å²) in [6, 6.07) is 4.72. The van der Waals surface area contributed by atoms with Crippen LogP contribution in [0.5, 0.6) is 0 Å². The normalized spacial score (nSPS) is 11.7. The van der Waals surface area contributed by atoms with Gasteiger partial charge in [0.25, 0.3) is 5.69 Å². The van der Waals surface area contributed by atoms with E-state index in [1.54, 1.807) is 6.07 Å². The number of hydrogen-bond donors (Lipinski definition) is 0. The highest BCUT2D eigenvalue weighted by molar-refractivity contribution is 6.16. The average molecular weight is 309 g/mol. The molecule has 0 saturated carbocycles. The van der Waals surface area contributed by atoms with Gasteiger partial charge in [-0.25, -0.2) is 0 Å². The van der Waals surface area contributed by atoms with Gasteiger partial charge in [0.2, 0.25) is 0 Å². The fraction of sp³-hybridized carbons (Fsp3) is 0.429. The Balaban J connectivity index is 2.63. The first kappa shape index (κ1) is 15.4. The number of nitro benzene ring substituents is 1. The summed E-state index contributed by atoms with van der Waals surface area (Å²) >= 11 is 5.93. The summed E-state index contributed by atoms with van der Waals surface area (Å²) in [6.45, 7) is 7.94. The van der Waals surface area contributed by atoms with Crippen molar-refractivity contribution in [1.82, 2.24) is 14.8 Å². The van der Waals surface area contributed by atoms with Crippen molar-refractivity contribution in [3.63, 3.8) is 0 Å². The molecule has 0 N–H and O–H groups in total. The van der Waals surface area contributed by atoms with E-state index in [0.29, 0.717) is 11.6 Å². The highest BCUT2D eigenvalue weighted by Gasteiger charge is 2.24. The van der Waals surface area contributed by atoms with Gasteiger partial charge in [-0.05, 0) is 39.3 Å². The van der Waals surface area contributed by atoms with Crippen LogP contribution in [0.4, 0.5) is 5.69 Å². The van der Waals surface area contributed by atoms with Crippen molar-refractivity contribution in [3.8, 4) is 11.4 Å². The molecule has 0 atom stereocenters. The topological polar surface area (TPSA) is 73.8 Å². The molecular weight excluding hydrogens is 292 g/mol. The van der Waals surface area contributed by atoms with Crippen LogP contribution in [0.2, 0.25) is 0 Å². The van der Waals surface area contributed by atoms with Crippen LogP contribution in [0.15, 0.2) is 18.2 Å². The van der Waals surface area contributed by atoms with Crippen LogP contribution in [0, 0.1) is 17.0 Å². The van der Waals surface area contributed by atoms with Crippen molar-refractivity contribution in [1.29, 1.82) is 0 Å². The maximum atomic E-state index is 10.8. The number of nitrogens with zero attached hydrogens (tertiary/aromatic N) is 4. The van der Waals surface area contributed by atoms with Gasteiger partial charge >= 0.3 is 0 Å². The largest absolute Gasteiger partial charge is 0.305 e. The van der Waals surface area contributed by atoms with Gasteiger partial charge in [-0.15, -0.1) is 21.8 Å². The standard InChI is InChI=1S/C14H17ClN4O2/c1-9-7-10(19(20)21)5-6-11(9)13-17-16-12(8-15)18(13)14(2,3)4/h5-7H,8H2,1-4H3. The van der Waals surface area contributed by atoms with Gasteiger partial charge in [0.1, 0.15) is 5.82 Å². The SMILES string of the molecule is Cc1cc([N+](=O)[O-])ccc1-c1nnc(CCl)n1C(C)(C)C. The van der Waals surface area contributed by atoms with E-state index < -0.39 is 4.92 Å². The summed E-state index contributed by atoms with van der Waals surface area (Å²) in [5, 5.41) is 19.2. The number of benzene rings is 1. The Morgan fingerprint density at radius 1 is 1.33 bits per heavy atom. The third kappa shape index (κ3) is 2.90. The van der Waals surface area contributed by atoms with Gasteiger partial charge in [-0.2, -0.15) is 0 Å². The maximum Gasteiger partial charge on any atom is 0.269 e. The Morgan fingerprint density at radius 2 is 2.00 bits per heavy atom. The van der Waals surface area contributed by atoms with E-state index in [4.69, 9.17) is 11.6 Å². The van der Waals surface area contributed by atoms with Crippen molar-refractivity contribution in [2.45, 2.75) is 39.1 Å². The average Bonchev–Trinajstić information content (AvgIpc) is 2.82. The van der Waals surface area contributed by atoms with Gasteiger partial charge < -0.3 is 4.57 Å². The monoisotopic (exact) mass is 308 g/mol. The molecule has 6 nitrogen and oxygen atoms in total. The zero-order valence-corrected chi connectivity index (χ0v) is 13.2. The van der Waals surface area contributed by atoms with Crippen molar-refractivity contribution in [3.05, 3.63) is 39.7 Å².